The first-order valence-corrected chi connectivity index (χ1v) is 9.44. The van der Waals surface area contributed by atoms with Crippen molar-refractivity contribution in [1.29, 1.82) is 0 Å². The van der Waals surface area contributed by atoms with E-state index in [0.29, 0.717) is 5.92 Å². The molecule has 2 aliphatic heterocycles. The summed E-state index contributed by atoms with van der Waals surface area (Å²) in [5.74, 6) is 3.41. The van der Waals surface area contributed by atoms with E-state index in [0.717, 1.165) is 50.1 Å². The minimum Gasteiger partial charge on any atom is -0.340 e. The SMILES string of the molecule is Cn1c(CN2CCCCC2)nnc1[C@H]1CCCN(c2ncccn2)C1. The number of anilines is 1. The quantitative estimate of drug-likeness (QED) is 0.847. The van der Waals surface area contributed by atoms with Crippen LogP contribution < -0.4 is 4.90 Å². The highest BCUT2D eigenvalue weighted by Gasteiger charge is 2.27. The fraction of sp³-hybridized carbons (Fsp3) is 0.667. The van der Waals surface area contributed by atoms with Gasteiger partial charge in [-0.1, -0.05) is 6.42 Å². The van der Waals surface area contributed by atoms with Crippen molar-refractivity contribution >= 4 is 5.95 Å². The van der Waals surface area contributed by atoms with Gasteiger partial charge in [0.25, 0.3) is 0 Å². The molecule has 0 unspecified atom stereocenters. The average molecular weight is 341 g/mol. The highest BCUT2D eigenvalue weighted by atomic mass is 15.3. The largest absolute Gasteiger partial charge is 0.340 e. The third kappa shape index (κ3) is 3.66. The molecule has 7 heteroatoms. The van der Waals surface area contributed by atoms with E-state index in [-0.39, 0.29) is 0 Å². The Morgan fingerprint density at radius 1 is 1.00 bits per heavy atom. The number of hydrogen-bond donors (Lipinski definition) is 0. The summed E-state index contributed by atoms with van der Waals surface area (Å²) < 4.78 is 2.22. The predicted octanol–water partition coefficient (Wildman–Crippen LogP) is 1.97. The monoisotopic (exact) mass is 341 g/mol. The van der Waals surface area contributed by atoms with E-state index >= 15 is 0 Å². The van der Waals surface area contributed by atoms with Crippen LogP contribution >= 0.6 is 0 Å². The van der Waals surface area contributed by atoms with Gasteiger partial charge < -0.3 is 9.47 Å². The van der Waals surface area contributed by atoms with E-state index in [1.165, 1.54) is 32.4 Å². The topological polar surface area (TPSA) is 63.0 Å². The molecule has 1 atom stereocenters. The Morgan fingerprint density at radius 2 is 1.80 bits per heavy atom. The smallest absolute Gasteiger partial charge is 0.225 e. The Balaban J connectivity index is 1.46. The molecule has 0 aliphatic carbocycles. The normalized spacial score (nSPS) is 22.3. The molecule has 0 bridgehead atoms. The minimum atomic E-state index is 0.394. The molecule has 0 radical (unpaired) electrons. The lowest BCUT2D eigenvalue weighted by Crippen LogP contribution is -2.36. The molecule has 0 saturated carbocycles. The zero-order valence-corrected chi connectivity index (χ0v) is 15.0. The summed E-state index contributed by atoms with van der Waals surface area (Å²) in [7, 11) is 2.12. The van der Waals surface area contributed by atoms with Crippen LogP contribution in [0.25, 0.3) is 0 Å². The Labute approximate surface area is 149 Å². The van der Waals surface area contributed by atoms with Crippen LogP contribution in [0.15, 0.2) is 18.5 Å². The third-order valence-corrected chi connectivity index (χ3v) is 5.43. The van der Waals surface area contributed by atoms with Crippen LogP contribution in [0.5, 0.6) is 0 Å². The summed E-state index contributed by atoms with van der Waals surface area (Å²) in [6.07, 6.45) is 9.88. The van der Waals surface area contributed by atoms with Gasteiger partial charge in [-0.25, -0.2) is 9.97 Å². The van der Waals surface area contributed by atoms with Crippen molar-refractivity contribution in [3.63, 3.8) is 0 Å². The number of nitrogens with zero attached hydrogens (tertiary/aromatic N) is 7. The van der Waals surface area contributed by atoms with Crippen molar-refractivity contribution in [3.05, 3.63) is 30.1 Å². The maximum atomic E-state index is 4.55. The van der Waals surface area contributed by atoms with Gasteiger partial charge in [0.2, 0.25) is 5.95 Å². The standard InChI is InChI=1S/C18H27N7/c1-23-16(14-24-10-3-2-4-11-24)21-22-17(23)15-7-5-12-25(13-15)18-19-8-6-9-20-18/h6,8-9,15H,2-5,7,10-14H2,1H3/t15-/m0/s1. The summed E-state index contributed by atoms with van der Waals surface area (Å²) in [6, 6.07) is 1.86. The van der Waals surface area contributed by atoms with Crippen LogP contribution in [-0.2, 0) is 13.6 Å². The fourth-order valence-electron chi connectivity index (χ4n) is 4.01. The van der Waals surface area contributed by atoms with Gasteiger partial charge in [0.05, 0.1) is 6.54 Å². The predicted molar refractivity (Wildman–Crippen MR) is 96.4 cm³/mol. The molecule has 25 heavy (non-hydrogen) atoms. The number of rotatable bonds is 4. The van der Waals surface area contributed by atoms with Gasteiger partial charge in [-0.3, -0.25) is 4.90 Å². The van der Waals surface area contributed by atoms with Crippen molar-refractivity contribution < 1.29 is 0 Å². The summed E-state index contributed by atoms with van der Waals surface area (Å²) in [6.45, 7) is 5.22. The highest BCUT2D eigenvalue weighted by molar-refractivity contribution is 5.30. The van der Waals surface area contributed by atoms with E-state index < -0.39 is 0 Å². The Morgan fingerprint density at radius 3 is 2.60 bits per heavy atom. The lowest BCUT2D eigenvalue weighted by Gasteiger charge is -2.32. The van der Waals surface area contributed by atoms with Crippen molar-refractivity contribution in [3.8, 4) is 0 Å². The molecular weight excluding hydrogens is 314 g/mol. The molecule has 7 nitrogen and oxygen atoms in total. The van der Waals surface area contributed by atoms with Gasteiger partial charge in [0, 0.05) is 38.4 Å². The molecule has 4 heterocycles. The molecule has 2 aliphatic rings. The molecular formula is C18H27N7. The molecule has 2 fully saturated rings. The molecule has 0 amide bonds. The molecule has 2 aromatic rings. The summed E-state index contributed by atoms with van der Waals surface area (Å²) in [5.41, 5.74) is 0. The lowest BCUT2D eigenvalue weighted by atomic mass is 9.97. The second-order valence-corrected chi connectivity index (χ2v) is 7.20. The molecule has 134 valence electrons. The summed E-state index contributed by atoms with van der Waals surface area (Å²) in [5, 5.41) is 9.06. The summed E-state index contributed by atoms with van der Waals surface area (Å²) >= 11 is 0. The van der Waals surface area contributed by atoms with Gasteiger partial charge in [-0.05, 0) is 44.8 Å². The average Bonchev–Trinajstić information content (AvgIpc) is 3.04. The fourth-order valence-corrected chi connectivity index (χ4v) is 4.01. The van der Waals surface area contributed by atoms with E-state index in [9.17, 15) is 0 Å². The second-order valence-electron chi connectivity index (χ2n) is 7.20. The molecule has 0 N–H and O–H groups in total. The van der Waals surface area contributed by atoms with Gasteiger partial charge in [0.15, 0.2) is 0 Å². The highest BCUT2D eigenvalue weighted by Crippen LogP contribution is 2.27. The molecule has 0 aromatic carbocycles. The van der Waals surface area contributed by atoms with Gasteiger partial charge in [-0.2, -0.15) is 0 Å². The zero-order valence-electron chi connectivity index (χ0n) is 15.0. The van der Waals surface area contributed by atoms with Crippen molar-refractivity contribution in [2.45, 2.75) is 44.6 Å². The van der Waals surface area contributed by atoms with Crippen molar-refractivity contribution in [2.75, 3.05) is 31.1 Å². The number of likely N-dealkylation sites (tertiary alicyclic amines) is 1. The maximum Gasteiger partial charge on any atom is 0.225 e. The van der Waals surface area contributed by atoms with E-state index in [1.54, 1.807) is 0 Å². The van der Waals surface area contributed by atoms with Crippen LogP contribution in [0, 0.1) is 0 Å². The van der Waals surface area contributed by atoms with Gasteiger partial charge in [0.1, 0.15) is 11.6 Å². The number of hydrogen-bond acceptors (Lipinski definition) is 6. The second kappa shape index (κ2) is 7.47. The molecule has 2 saturated heterocycles. The lowest BCUT2D eigenvalue weighted by molar-refractivity contribution is 0.213. The van der Waals surface area contributed by atoms with Gasteiger partial charge >= 0.3 is 0 Å². The summed E-state index contributed by atoms with van der Waals surface area (Å²) in [4.78, 5) is 13.6. The van der Waals surface area contributed by atoms with Crippen LogP contribution in [-0.4, -0.2) is 55.8 Å². The molecule has 4 rings (SSSR count). The van der Waals surface area contributed by atoms with Gasteiger partial charge in [-0.15, -0.1) is 10.2 Å². The van der Waals surface area contributed by atoms with Crippen LogP contribution in [0.1, 0.15) is 49.7 Å². The Hall–Kier alpha value is -2.02. The maximum absolute atomic E-state index is 4.55. The number of piperidine rings is 2. The van der Waals surface area contributed by atoms with Crippen molar-refractivity contribution in [1.82, 2.24) is 29.6 Å². The van der Waals surface area contributed by atoms with E-state index in [2.05, 4.69) is 41.6 Å². The van der Waals surface area contributed by atoms with E-state index in [4.69, 9.17) is 0 Å². The zero-order chi connectivity index (χ0) is 17.1. The first-order valence-electron chi connectivity index (χ1n) is 9.44. The van der Waals surface area contributed by atoms with E-state index in [1.807, 2.05) is 18.5 Å². The van der Waals surface area contributed by atoms with Crippen LogP contribution in [0.4, 0.5) is 5.95 Å². The third-order valence-electron chi connectivity index (χ3n) is 5.43. The van der Waals surface area contributed by atoms with Crippen LogP contribution in [0.2, 0.25) is 0 Å². The van der Waals surface area contributed by atoms with Crippen molar-refractivity contribution in [2.24, 2.45) is 7.05 Å². The first-order chi connectivity index (χ1) is 12.3. The van der Waals surface area contributed by atoms with Crippen LogP contribution in [0.3, 0.4) is 0 Å². The minimum absolute atomic E-state index is 0.394. The Kier molecular flexibility index (Phi) is 4.92. The molecule has 2 aromatic heterocycles. The first kappa shape index (κ1) is 16.4. The Bertz CT molecular complexity index is 678. The number of aromatic nitrogens is 5. The molecule has 0 spiro atoms.